The van der Waals surface area contributed by atoms with Gasteiger partial charge in [-0.05, 0) is 44.9 Å². The fourth-order valence-corrected chi connectivity index (χ4v) is 8.24. The Morgan fingerprint density at radius 2 is 0.887 bits per heavy atom. The molecule has 0 saturated carbocycles. The number of rotatable bonds is 50. The van der Waals surface area contributed by atoms with Gasteiger partial charge in [0, 0.05) is 13.0 Å². The molecule has 3 unspecified atom stereocenters. The summed E-state index contributed by atoms with van der Waals surface area (Å²) in [5.74, 6) is -1.77. The molecule has 0 fully saturated rings. The number of carboxylic acids is 1. The SMILES string of the molecule is CCCCC/C=C\C/C=C\CCCCCCCCCCOCC(COP(=O)(O)OCC(N)C(=O)O)OC(=O)CCCCCCCCCCCCCCCCCCCCCCCC. The van der Waals surface area contributed by atoms with Crippen molar-refractivity contribution >= 4 is 19.8 Å². The van der Waals surface area contributed by atoms with E-state index in [4.69, 9.17) is 29.4 Å². The van der Waals surface area contributed by atoms with Crippen molar-refractivity contribution in [2.24, 2.45) is 5.73 Å². The number of hydrogen-bond donors (Lipinski definition) is 3. The number of carboxylic acid groups (broad SMARTS) is 1. The summed E-state index contributed by atoms with van der Waals surface area (Å²) in [4.78, 5) is 33.7. The molecule has 0 aromatic heterocycles. The van der Waals surface area contributed by atoms with Gasteiger partial charge < -0.3 is 25.2 Å². The van der Waals surface area contributed by atoms with Gasteiger partial charge in [-0.2, -0.15) is 0 Å². The molecule has 0 heterocycles. The molecule has 4 N–H and O–H groups in total. The number of unbranched alkanes of at least 4 members (excludes halogenated alkanes) is 32. The molecular weight excluding hydrogens is 802 g/mol. The molecule has 0 saturated heterocycles. The van der Waals surface area contributed by atoms with Crippen molar-refractivity contribution < 1.29 is 42.7 Å². The zero-order valence-electron chi connectivity index (χ0n) is 40.2. The largest absolute Gasteiger partial charge is 0.480 e. The van der Waals surface area contributed by atoms with Gasteiger partial charge in [0.15, 0.2) is 0 Å². The lowest BCUT2D eigenvalue weighted by Crippen LogP contribution is -2.34. The van der Waals surface area contributed by atoms with Gasteiger partial charge in [0.2, 0.25) is 0 Å². The van der Waals surface area contributed by atoms with E-state index in [-0.39, 0.29) is 13.0 Å². The minimum absolute atomic E-state index is 0.0173. The molecule has 0 aliphatic heterocycles. The highest BCUT2D eigenvalue weighted by Gasteiger charge is 2.27. The van der Waals surface area contributed by atoms with Crippen molar-refractivity contribution in [2.45, 2.75) is 264 Å². The van der Waals surface area contributed by atoms with Crippen molar-refractivity contribution in [3.63, 3.8) is 0 Å². The molecule has 11 heteroatoms. The summed E-state index contributed by atoms with van der Waals surface area (Å²) in [5, 5.41) is 8.93. The first kappa shape index (κ1) is 60.5. The lowest BCUT2D eigenvalue weighted by molar-refractivity contribution is -0.154. The standard InChI is InChI=1S/C51H98NO9P/c1-3-5-7-9-11-13-15-17-19-21-23-24-25-26-27-29-31-33-35-37-39-41-43-50(53)61-48(46-59-62(56,57)60-47-49(52)51(54)55)45-58-44-42-40-38-36-34-32-30-28-22-20-18-16-14-12-10-8-6-4-2/h12,14,18,20,48-49H,3-11,13,15-17,19,21-47,52H2,1-2H3,(H,54,55)(H,56,57)/b14-12-,20-18-. The van der Waals surface area contributed by atoms with Crippen LogP contribution in [-0.4, -0.2) is 60.5 Å². The second-order valence-corrected chi connectivity index (χ2v) is 19.1. The molecule has 0 spiro atoms. The van der Waals surface area contributed by atoms with E-state index in [0.29, 0.717) is 6.61 Å². The second-order valence-electron chi connectivity index (χ2n) is 17.7. The molecule has 62 heavy (non-hydrogen) atoms. The predicted octanol–water partition coefficient (Wildman–Crippen LogP) is 15.0. The van der Waals surface area contributed by atoms with E-state index in [9.17, 15) is 19.0 Å². The number of nitrogens with two attached hydrogens (primary N) is 1. The van der Waals surface area contributed by atoms with Crippen LogP contribution in [-0.2, 0) is 32.7 Å². The molecule has 0 radical (unpaired) electrons. The first-order chi connectivity index (χ1) is 30.2. The van der Waals surface area contributed by atoms with Gasteiger partial charge in [0.25, 0.3) is 0 Å². The second kappa shape index (κ2) is 47.4. The van der Waals surface area contributed by atoms with Crippen LogP contribution in [0.2, 0.25) is 0 Å². The van der Waals surface area contributed by atoms with Gasteiger partial charge in [-0.1, -0.05) is 224 Å². The molecule has 0 aliphatic carbocycles. The van der Waals surface area contributed by atoms with Crippen LogP contribution in [0, 0.1) is 0 Å². The summed E-state index contributed by atoms with van der Waals surface area (Å²) < 4.78 is 33.5. The number of phosphoric acid groups is 1. The Morgan fingerprint density at radius 1 is 0.516 bits per heavy atom. The Hall–Kier alpha value is -1.55. The van der Waals surface area contributed by atoms with E-state index >= 15 is 0 Å². The molecule has 10 nitrogen and oxygen atoms in total. The van der Waals surface area contributed by atoms with E-state index in [1.807, 2.05) is 0 Å². The number of aliphatic carboxylic acids is 1. The maximum absolute atomic E-state index is 12.7. The summed E-state index contributed by atoms with van der Waals surface area (Å²) in [5.41, 5.74) is 5.38. The highest BCUT2D eigenvalue weighted by molar-refractivity contribution is 7.47. The molecule has 0 bridgehead atoms. The third kappa shape index (κ3) is 46.4. The Labute approximate surface area is 381 Å². The van der Waals surface area contributed by atoms with Crippen molar-refractivity contribution in [3.8, 4) is 0 Å². The average Bonchev–Trinajstić information content (AvgIpc) is 3.25. The van der Waals surface area contributed by atoms with Crippen LogP contribution >= 0.6 is 7.82 Å². The molecule has 0 aliphatic rings. The number of carbonyl (C=O) groups excluding carboxylic acids is 1. The summed E-state index contributed by atoms with van der Waals surface area (Å²) in [6, 6.07) is -1.47. The van der Waals surface area contributed by atoms with E-state index in [2.05, 4.69) is 38.2 Å². The van der Waals surface area contributed by atoms with Crippen molar-refractivity contribution in [2.75, 3.05) is 26.4 Å². The van der Waals surface area contributed by atoms with Crippen LogP contribution in [0.3, 0.4) is 0 Å². The number of ether oxygens (including phenoxy) is 2. The number of esters is 1. The van der Waals surface area contributed by atoms with Crippen molar-refractivity contribution in [1.82, 2.24) is 0 Å². The maximum Gasteiger partial charge on any atom is 0.472 e. The highest BCUT2D eigenvalue weighted by Crippen LogP contribution is 2.43. The van der Waals surface area contributed by atoms with Crippen LogP contribution < -0.4 is 5.73 Å². The van der Waals surface area contributed by atoms with E-state index in [0.717, 1.165) is 51.4 Å². The molecule has 0 rings (SSSR count). The topological polar surface area (TPSA) is 155 Å². The van der Waals surface area contributed by atoms with Crippen molar-refractivity contribution in [3.05, 3.63) is 24.3 Å². The average molecular weight is 900 g/mol. The molecule has 0 aromatic rings. The first-order valence-corrected chi connectivity index (χ1v) is 27.4. The number of allylic oxidation sites excluding steroid dienone is 4. The minimum Gasteiger partial charge on any atom is -0.480 e. The predicted molar refractivity (Wildman–Crippen MR) is 258 cm³/mol. The van der Waals surface area contributed by atoms with Crippen LogP contribution in [0.4, 0.5) is 0 Å². The molecular formula is C51H98NO9P. The van der Waals surface area contributed by atoms with E-state index in [1.54, 1.807) is 0 Å². The van der Waals surface area contributed by atoms with Gasteiger partial charge >= 0.3 is 19.8 Å². The minimum atomic E-state index is -4.62. The van der Waals surface area contributed by atoms with E-state index < -0.39 is 45.1 Å². The number of hydrogen-bond acceptors (Lipinski definition) is 8. The van der Waals surface area contributed by atoms with Gasteiger partial charge in [0.1, 0.15) is 12.1 Å². The zero-order valence-corrected chi connectivity index (χ0v) is 41.1. The smallest absolute Gasteiger partial charge is 0.472 e. The first-order valence-electron chi connectivity index (χ1n) is 25.9. The highest BCUT2D eigenvalue weighted by atomic mass is 31.2. The summed E-state index contributed by atoms with van der Waals surface area (Å²) >= 11 is 0. The van der Waals surface area contributed by atoms with Crippen LogP contribution in [0.5, 0.6) is 0 Å². The van der Waals surface area contributed by atoms with Crippen LogP contribution in [0.25, 0.3) is 0 Å². The van der Waals surface area contributed by atoms with Gasteiger partial charge in [-0.25, -0.2) is 4.57 Å². The van der Waals surface area contributed by atoms with Gasteiger partial charge in [0.05, 0.1) is 19.8 Å². The summed E-state index contributed by atoms with van der Waals surface area (Å²) in [6.07, 6.45) is 53.8. The van der Waals surface area contributed by atoms with Gasteiger partial charge in [-0.3, -0.25) is 18.6 Å². The molecule has 0 aromatic carbocycles. The van der Waals surface area contributed by atoms with E-state index in [1.165, 1.54) is 180 Å². The Balaban J connectivity index is 4.10. The Morgan fingerprint density at radius 3 is 1.34 bits per heavy atom. The molecule has 3 atom stereocenters. The fraction of sp³-hybridized carbons (Fsp3) is 0.882. The Bertz CT molecular complexity index is 1090. The maximum atomic E-state index is 12.7. The normalized spacial score (nSPS) is 13.9. The third-order valence-corrected chi connectivity index (χ3v) is 12.4. The lowest BCUT2D eigenvalue weighted by atomic mass is 10.0. The number of carbonyl (C=O) groups is 2. The zero-order chi connectivity index (χ0) is 45.5. The summed E-state index contributed by atoms with van der Waals surface area (Å²) in [7, 11) is -4.62. The molecule has 0 amide bonds. The third-order valence-electron chi connectivity index (χ3n) is 11.5. The Kier molecular flexibility index (Phi) is 46.2. The van der Waals surface area contributed by atoms with Crippen molar-refractivity contribution in [1.29, 1.82) is 0 Å². The molecule has 366 valence electrons. The fourth-order valence-electron chi connectivity index (χ4n) is 7.46. The monoisotopic (exact) mass is 900 g/mol. The van der Waals surface area contributed by atoms with Gasteiger partial charge in [-0.15, -0.1) is 0 Å². The lowest BCUT2D eigenvalue weighted by Gasteiger charge is -2.20. The quantitative estimate of drug-likeness (QED) is 0.0233. The van der Waals surface area contributed by atoms with Crippen LogP contribution in [0.1, 0.15) is 251 Å². The number of phosphoric ester groups is 1. The summed E-state index contributed by atoms with van der Waals surface area (Å²) in [6.45, 7) is 3.90. The van der Waals surface area contributed by atoms with Crippen LogP contribution in [0.15, 0.2) is 24.3 Å².